The van der Waals surface area contributed by atoms with Gasteiger partial charge in [0.05, 0.1) is 30.9 Å². The molecule has 0 unspecified atom stereocenters. The summed E-state index contributed by atoms with van der Waals surface area (Å²) in [5, 5.41) is 2.63. The highest BCUT2D eigenvalue weighted by atomic mass is 32.2. The summed E-state index contributed by atoms with van der Waals surface area (Å²) in [4.78, 5) is 16.5. The SMILES string of the molecule is COc1cncc(NS(=O)(=O)Cc2ccccc2C(=O)NCc2ccccc2F)c1. The molecule has 2 aromatic carbocycles. The second kappa shape index (κ2) is 9.36. The molecule has 0 aliphatic rings. The molecule has 9 heteroatoms. The summed E-state index contributed by atoms with van der Waals surface area (Å²) in [6, 6.07) is 14.0. The Kier molecular flexibility index (Phi) is 6.63. The van der Waals surface area contributed by atoms with E-state index in [1.165, 1.54) is 37.7 Å². The maximum absolute atomic E-state index is 13.8. The number of hydrogen-bond donors (Lipinski definition) is 2. The lowest BCUT2D eigenvalue weighted by Gasteiger charge is -2.12. The molecule has 7 nitrogen and oxygen atoms in total. The molecule has 2 N–H and O–H groups in total. The summed E-state index contributed by atoms with van der Waals surface area (Å²) in [6.07, 6.45) is 2.81. The first kappa shape index (κ1) is 21.3. The minimum absolute atomic E-state index is 0.0136. The van der Waals surface area contributed by atoms with Crippen molar-refractivity contribution in [3.63, 3.8) is 0 Å². The van der Waals surface area contributed by atoms with Crippen LogP contribution in [0.25, 0.3) is 0 Å². The van der Waals surface area contributed by atoms with Gasteiger partial charge in [0.25, 0.3) is 5.91 Å². The molecule has 3 rings (SSSR count). The molecule has 0 aliphatic heterocycles. The van der Waals surface area contributed by atoms with E-state index in [2.05, 4.69) is 15.0 Å². The maximum Gasteiger partial charge on any atom is 0.251 e. The number of methoxy groups -OCH3 is 1. The Balaban J connectivity index is 1.74. The van der Waals surface area contributed by atoms with E-state index in [-0.39, 0.29) is 17.8 Å². The van der Waals surface area contributed by atoms with E-state index >= 15 is 0 Å². The van der Waals surface area contributed by atoms with Gasteiger partial charge in [0.15, 0.2) is 0 Å². The standard InChI is InChI=1S/C21H20FN3O4S/c1-29-18-10-17(12-23-13-18)25-30(27,28)14-16-7-2-4-8-19(16)21(26)24-11-15-6-3-5-9-20(15)22/h2-10,12-13,25H,11,14H2,1H3,(H,24,26). The first-order chi connectivity index (χ1) is 14.4. The second-order valence-electron chi connectivity index (χ2n) is 6.41. The molecule has 0 saturated carbocycles. The van der Waals surface area contributed by atoms with Crippen molar-refractivity contribution < 1.29 is 22.3 Å². The van der Waals surface area contributed by atoms with Crippen LogP contribution in [-0.4, -0.2) is 26.4 Å². The first-order valence-electron chi connectivity index (χ1n) is 8.97. The summed E-state index contributed by atoms with van der Waals surface area (Å²) in [6.45, 7) is -0.0136. The van der Waals surface area contributed by atoms with E-state index < -0.39 is 27.5 Å². The Bertz CT molecular complexity index is 1150. The van der Waals surface area contributed by atoms with Crippen LogP contribution >= 0.6 is 0 Å². The van der Waals surface area contributed by atoms with Crippen molar-refractivity contribution in [2.45, 2.75) is 12.3 Å². The number of anilines is 1. The molecule has 1 aromatic heterocycles. The van der Waals surface area contributed by atoms with Crippen molar-refractivity contribution in [1.82, 2.24) is 10.3 Å². The molecule has 3 aromatic rings. The van der Waals surface area contributed by atoms with Crippen molar-refractivity contribution in [1.29, 1.82) is 0 Å². The Morgan fingerprint density at radius 2 is 1.77 bits per heavy atom. The molecule has 0 atom stereocenters. The van der Waals surface area contributed by atoms with Gasteiger partial charge in [-0.15, -0.1) is 0 Å². The topological polar surface area (TPSA) is 97.4 Å². The van der Waals surface area contributed by atoms with E-state index in [1.807, 2.05) is 0 Å². The molecule has 1 amide bonds. The van der Waals surface area contributed by atoms with Crippen molar-refractivity contribution in [3.05, 3.63) is 89.5 Å². The molecule has 1 heterocycles. The summed E-state index contributed by atoms with van der Waals surface area (Å²) < 4.78 is 46.4. The van der Waals surface area contributed by atoms with E-state index in [1.54, 1.807) is 36.4 Å². The third kappa shape index (κ3) is 5.54. The van der Waals surface area contributed by atoms with Crippen molar-refractivity contribution >= 4 is 21.6 Å². The number of halogens is 1. The highest BCUT2D eigenvalue weighted by Crippen LogP contribution is 2.19. The second-order valence-corrected chi connectivity index (χ2v) is 8.13. The number of sulfonamides is 1. The number of benzene rings is 2. The fourth-order valence-corrected chi connectivity index (χ4v) is 3.99. The van der Waals surface area contributed by atoms with Crippen LogP contribution in [0.5, 0.6) is 5.75 Å². The fourth-order valence-electron chi connectivity index (χ4n) is 2.79. The highest BCUT2D eigenvalue weighted by molar-refractivity contribution is 7.91. The molecular weight excluding hydrogens is 409 g/mol. The number of nitrogens with zero attached hydrogens (tertiary/aromatic N) is 1. The third-order valence-corrected chi connectivity index (χ3v) is 5.46. The highest BCUT2D eigenvalue weighted by Gasteiger charge is 2.18. The summed E-state index contributed by atoms with van der Waals surface area (Å²) in [5.41, 5.74) is 1.09. The summed E-state index contributed by atoms with van der Waals surface area (Å²) in [7, 11) is -2.38. The maximum atomic E-state index is 13.8. The van der Waals surface area contributed by atoms with Gasteiger partial charge in [-0.1, -0.05) is 36.4 Å². The number of amides is 1. The number of carbonyl (C=O) groups excluding carboxylic acids is 1. The molecule has 0 spiro atoms. The molecule has 30 heavy (non-hydrogen) atoms. The third-order valence-electron chi connectivity index (χ3n) is 4.23. The molecule has 0 saturated heterocycles. The quantitative estimate of drug-likeness (QED) is 0.574. The minimum atomic E-state index is -3.83. The summed E-state index contributed by atoms with van der Waals surface area (Å²) >= 11 is 0. The normalized spacial score (nSPS) is 11.0. The van der Waals surface area contributed by atoms with Crippen molar-refractivity contribution in [3.8, 4) is 5.75 Å². The molecule has 0 fully saturated rings. The number of pyridine rings is 1. The lowest BCUT2D eigenvalue weighted by molar-refractivity contribution is 0.0950. The Morgan fingerprint density at radius 3 is 2.50 bits per heavy atom. The van der Waals surface area contributed by atoms with E-state index in [0.717, 1.165) is 0 Å². The van der Waals surface area contributed by atoms with Gasteiger partial charge in [-0.2, -0.15) is 0 Å². The lowest BCUT2D eigenvalue weighted by Crippen LogP contribution is -2.25. The van der Waals surface area contributed by atoms with Gasteiger partial charge in [-0.05, 0) is 17.7 Å². The van der Waals surface area contributed by atoms with Crippen LogP contribution < -0.4 is 14.8 Å². The Labute approximate surface area is 174 Å². The smallest absolute Gasteiger partial charge is 0.251 e. The predicted molar refractivity (Wildman–Crippen MR) is 111 cm³/mol. The molecule has 0 bridgehead atoms. The molecule has 0 aliphatic carbocycles. The average Bonchev–Trinajstić information content (AvgIpc) is 2.73. The zero-order chi connectivity index (χ0) is 21.6. The first-order valence-corrected chi connectivity index (χ1v) is 10.6. The molecule has 0 radical (unpaired) electrons. The Hall–Kier alpha value is -3.46. The van der Waals surface area contributed by atoms with Crippen LogP contribution in [0.2, 0.25) is 0 Å². The number of aromatic nitrogens is 1. The fraction of sp³-hybridized carbons (Fsp3) is 0.143. The van der Waals surface area contributed by atoms with E-state index in [9.17, 15) is 17.6 Å². The van der Waals surface area contributed by atoms with Crippen LogP contribution in [0, 0.1) is 5.82 Å². The zero-order valence-corrected chi connectivity index (χ0v) is 16.9. The van der Waals surface area contributed by atoms with Gasteiger partial charge < -0.3 is 10.1 Å². The van der Waals surface area contributed by atoms with Crippen LogP contribution in [-0.2, 0) is 22.3 Å². The lowest BCUT2D eigenvalue weighted by atomic mass is 10.1. The van der Waals surface area contributed by atoms with Gasteiger partial charge >= 0.3 is 0 Å². The van der Waals surface area contributed by atoms with Gasteiger partial charge in [0.1, 0.15) is 11.6 Å². The minimum Gasteiger partial charge on any atom is -0.495 e. The van der Waals surface area contributed by atoms with Crippen LogP contribution in [0.15, 0.2) is 67.0 Å². The van der Waals surface area contributed by atoms with Crippen molar-refractivity contribution in [2.75, 3.05) is 11.8 Å². The van der Waals surface area contributed by atoms with Gasteiger partial charge in [0, 0.05) is 23.7 Å². The largest absolute Gasteiger partial charge is 0.495 e. The number of hydrogen-bond acceptors (Lipinski definition) is 5. The van der Waals surface area contributed by atoms with E-state index in [4.69, 9.17) is 4.74 Å². The van der Waals surface area contributed by atoms with E-state index in [0.29, 0.717) is 16.9 Å². The molecule has 156 valence electrons. The number of rotatable bonds is 8. The zero-order valence-electron chi connectivity index (χ0n) is 16.1. The summed E-state index contributed by atoms with van der Waals surface area (Å²) in [5.74, 6) is -0.937. The monoisotopic (exact) mass is 429 g/mol. The van der Waals surface area contributed by atoms with Crippen LogP contribution in [0.1, 0.15) is 21.5 Å². The van der Waals surface area contributed by atoms with Gasteiger partial charge in [-0.3, -0.25) is 14.5 Å². The predicted octanol–water partition coefficient (Wildman–Crippen LogP) is 3.10. The number of nitrogens with one attached hydrogen (secondary N) is 2. The average molecular weight is 429 g/mol. The van der Waals surface area contributed by atoms with Gasteiger partial charge in [-0.25, -0.2) is 12.8 Å². The van der Waals surface area contributed by atoms with Gasteiger partial charge in [0.2, 0.25) is 10.0 Å². The van der Waals surface area contributed by atoms with Crippen LogP contribution in [0.4, 0.5) is 10.1 Å². The van der Waals surface area contributed by atoms with Crippen LogP contribution in [0.3, 0.4) is 0 Å². The Morgan fingerprint density at radius 1 is 1.07 bits per heavy atom. The molecular formula is C21H20FN3O4S. The number of carbonyl (C=O) groups is 1. The number of ether oxygens (including phenoxy) is 1. The van der Waals surface area contributed by atoms with Crippen molar-refractivity contribution in [2.24, 2.45) is 0 Å².